The molecule has 0 bridgehead atoms. The zero-order valence-corrected chi connectivity index (χ0v) is 12.9. The quantitative estimate of drug-likeness (QED) is 0.881. The van der Waals surface area contributed by atoms with Crippen LogP contribution in [0.25, 0.3) is 0 Å². The van der Waals surface area contributed by atoms with E-state index in [-0.39, 0.29) is 18.6 Å². The number of ether oxygens (including phenoxy) is 2. The third-order valence-electron chi connectivity index (χ3n) is 4.59. The fraction of sp³-hybridized carbons (Fsp3) is 0.600. The molecule has 21 heavy (non-hydrogen) atoms. The fourth-order valence-electron chi connectivity index (χ4n) is 3.45. The van der Waals surface area contributed by atoms with Gasteiger partial charge in [-0.15, -0.1) is 0 Å². The van der Waals surface area contributed by atoms with Crippen molar-refractivity contribution in [1.29, 1.82) is 0 Å². The number of sulfone groups is 1. The fourth-order valence-corrected chi connectivity index (χ4v) is 5.15. The first kappa shape index (κ1) is 14.8. The molecule has 3 rings (SSSR count). The van der Waals surface area contributed by atoms with Crippen LogP contribution >= 0.6 is 0 Å². The summed E-state index contributed by atoms with van der Waals surface area (Å²) in [6.07, 6.45) is 2.58. The molecular formula is C15H20O5S. The Kier molecular flexibility index (Phi) is 3.50. The number of aliphatic hydroxyl groups excluding tert-OH is 1. The first-order chi connectivity index (χ1) is 9.91. The lowest BCUT2D eigenvalue weighted by atomic mass is 9.58. The van der Waals surface area contributed by atoms with Crippen molar-refractivity contribution < 1.29 is 23.0 Å². The van der Waals surface area contributed by atoms with Crippen molar-refractivity contribution in [2.45, 2.75) is 17.6 Å². The van der Waals surface area contributed by atoms with Gasteiger partial charge in [-0.3, -0.25) is 0 Å². The average Bonchev–Trinajstić information content (AvgIpc) is 2.33. The van der Waals surface area contributed by atoms with E-state index in [0.29, 0.717) is 31.8 Å². The normalized spacial score (nSPS) is 22.4. The third-order valence-corrected chi connectivity index (χ3v) is 6.53. The molecule has 2 fully saturated rings. The van der Waals surface area contributed by atoms with Crippen molar-refractivity contribution in [3.63, 3.8) is 0 Å². The van der Waals surface area contributed by atoms with Crippen molar-refractivity contribution >= 4 is 9.84 Å². The summed E-state index contributed by atoms with van der Waals surface area (Å²) in [6.45, 7) is 1.53. The van der Waals surface area contributed by atoms with E-state index in [1.54, 1.807) is 12.1 Å². The van der Waals surface area contributed by atoms with Gasteiger partial charge in [-0.05, 0) is 30.5 Å². The summed E-state index contributed by atoms with van der Waals surface area (Å²) in [5, 5.41) is 8.74. The third kappa shape index (κ3) is 2.35. The maximum atomic E-state index is 12.3. The Balaban J connectivity index is 1.85. The van der Waals surface area contributed by atoms with Gasteiger partial charge in [0.2, 0.25) is 0 Å². The van der Waals surface area contributed by atoms with Crippen LogP contribution in [0.3, 0.4) is 0 Å². The molecular weight excluding hydrogens is 292 g/mol. The van der Waals surface area contributed by atoms with Crippen LogP contribution in [0.15, 0.2) is 24.3 Å². The zero-order chi connectivity index (χ0) is 15.1. The molecule has 116 valence electrons. The molecule has 5 nitrogen and oxygen atoms in total. The SMILES string of the molecule is CS(=O)(=O)C1(c2ccc(OCCO)cc2)CC2(COC2)C1. The Bertz CT molecular complexity index is 608. The van der Waals surface area contributed by atoms with Crippen molar-refractivity contribution in [2.75, 3.05) is 32.7 Å². The molecule has 1 saturated carbocycles. The van der Waals surface area contributed by atoms with E-state index in [0.717, 1.165) is 5.56 Å². The van der Waals surface area contributed by atoms with Crippen molar-refractivity contribution in [3.05, 3.63) is 29.8 Å². The van der Waals surface area contributed by atoms with Crippen LogP contribution in [0.2, 0.25) is 0 Å². The summed E-state index contributed by atoms with van der Waals surface area (Å²) in [7, 11) is -3.19. The van der Waals surface area contributed by atoms with Crippen LogP contribution in [0.4, 0.5) is 0 Å². The van der Waals surface area contributed by atoms with E-state index in [2.05, 4.69) is 0 Å². The topological polar surface area (TPSA) is 72.8 Å². The number of hydrogen-bond donors (Lipinski definition) is 1. The summed E-state index contributed by atoms with van der Waals surface area (Å²) in [5.74, 6) is 0.637. The Morgan fingerprint density at radius 1 is 1.24 bits per heavy atom. The van der Waals surface area contributed by atoms with Gasteiger partial charge in [-0.1, -0.05) is 12.1 Å². The molecule has 0 radical (unpaired) electrons. The van der Waals surface area contributed by atoms with Crippen molar-refractivity contribution in [3.8, 4) is 5.75 Å². The molecule has 1 saturated heterocycles. The first-order valence-electron chi connectivity index (χ1n) is 7.02. The minimum absolute atomic E-state index is 0.0441. The van der Waals surface area contributed by atoms with E-state index in [4.69, 9.17) is 14.6 Å². The maximum Gasteiger partial charge on any atom is 0.157 e. The van der Waals surface area contributed by atoms with Gasteiger partial charge in [0.25, 0.3) is 0 Å². The van der Waals surface area contributed by atoms with Gasteiger partial charge in [-0.2, -0.15) is 0 Å². The van der Waals surface area contributed by atoms with Gasteiger partial charge < -0.3 is 14.6 Å². The molecule has 1 N–H and O–H groups in total. The Labute approximate surface area is 124 Å². The van der Waals surface area contributed by atoms with Gasteiger partial charge in [0.15, 0.2) is 9.84 Å². The highest BCUT2D eigenvalue weighted by atomic mass is 32.2. The summed E-state index contributed by atoms with van der Waals surface area (Å²) >= 11 is 0. The molecule has 1 aliphatic heterocycles. The smallest absolute Gasteiger partial charge is 0.157 e. The lowest BCUT2D eigenvalue weighted by Gasteiger charge is -2.59. The number of aliphatic hydroxyl groups is 1. The lowest BCUT2D eigenvalue weighted by Crippen LogP contribution is -2.62. The zero-order valence-electron chi connectivity index (χ0n) is 12.0. The molecule has 1 aromatic rings. The van der Waals surface area contributed by atoms with E-state index < -0.39 is 14.6 Å². The highest BCUT2D eigenvalue weighted by Gasteiger charge is 2.63. The molecule has 0 atom stereocenters. The Morgan fingerprint density at radius 3 is 2.29 bits per heavy atom. The van der Waals surface area contributed by atoms with E-state index in [1.807, 2.05) is 12.1 Å². The molecule has 1 aliphatic carbocycles. The van der Waals surface area contributed by atoms with E-state index >= 15 is 0 Å². The molecule has 1 spiro atoms. The van der Waals surface area contributed by atoms with Gasteiger partial charge in [-0.25, -0.2) is 8.42 Å². The molecule has 1 heterocycles. The van der Waals surface area contributed by atoms with Crippen molar-refractivity contribution in [1.82, 2.24) is 0 Å². The Morgan fingerprint density at radius 2 is 1.86 bits per heavy atom. The van der Waals surface area contributed by atoms with Crippen LogP contribution in [0.5, 0.6) is 5.75 Å². The van der Waals surface area contributed by atoms with Crippen LogP contribution in [-0.4, -0.2) is 46.2 Å². The standard InChI is InChI=1S/C15H20O5S/c1-21(17,18)15(8-14(9-15)10-19-11-14)12-2-4-13(5-3-12)20-7-6-16/h2-5,16H,6-11H2,1H3. The second kappa shape index (κ2) is 4.97. The summed E-state index contributed by atoms with van der Waals surface area (Å²) in [4.78, 5) is 0. The molecule has 1 aromatic carbocycles. The van der Waals surface area contributed by atoms with Gasteiger partial charge >= 0.3 is 0 Å². The monoisotopic (exact) mass is 312 g/mol. The predicted molar refractivity (Wildman–Crippen MR) is 78.0 cm³/mol. The highest BCUT2D eigenvalue weighted by Crippen LogP contribution is 2.61. The highest BCUT2D eigenvalue weighted by molar-refractivity contribution is 7.91. The minimum Gasteiger partial charge on any atom is -0.491 e. The molecule has 6 heteroatoms. The van der Waals surface area contributed by atoms with E-state index in [9.17, 15) is 8.42 Å². The molecule has 0 aromatic heterocycles. The number of hydrogen-bond acceptors (Lipinski definition) is 5. The largest absolute Gasteiger partial charge is 0.491 e. The summed E-state index contributed by atoms with van der Waals surface area (Å²) < 4.78 is 34.4. The summed E-state index contributed by atoms with van der Waals surface area (Å²) in [6, 6.07) is 7.17. The van der Waals surface area contributed by atoms with E-state index in [1.165, 1.54) is 6.26 Å². The van der Waals surface area contributed by atoms with Gasteiger partial charge in [0.05, 0.1) is 24.6 Å². The maximum absolute atomic E-state index is 12.3. The van der Waals surface area contributed by atoms with Crippen LogP contribution in [0, 0.1) is 5.41 Å². The van der Waals surface area contributed by atoms with Gasteiger partial charge in [0, 0.05) is 11.7 Å². The Hall–Kier alpha value is -1.11. The molecule has 2 aliphatic rings. The minimum atomic E-state index is -3.19. The van der Waals surface area contributed by atoms with Crippen LogP contribution in [0.1, 0.15) is 18.4 Å². The molecule has 0 unspecified atom stereocenters. The second-order valence-corrected chi connectivity index (χ2v) is 8.54. The van der Waals surface area contributed by atoms with Crippen LogP contribution < -0.4 is 4.74 Å². The van der Waals surface area contributed by atoms with Crippen LogP contribution in [-0.2, 0) is 19.3 Å². The lowest BCUT2D eigenvalue weighted by molar-refractivity contribution is -0.172. The number of benzene rings is 1. The van der Waals surface area contributed by atoms with Gasteiger partial charge in [0.1, 0.15) is 12.4 Å². The average molecular weight is 312 g/mol. The summed E-state index contributed by atoms with van der Waals surface area (Å²) in [5.41, 5.74) is 0.883. The van der Waals surface area contributed by atoms with Crippen molar-refractivity contribution in [2.24, 2.45) is 5.41 Å². The predicted octanol–water partition coefficient (Wildman–Crippen LogP) is 1.11. The second-order valence-electron chi connectivity index (χ2n) is 6.21. The molecule has 0 amide bonds. The number of rotatable bonds is 5. The first-order valence-corrected chi connectivity index (χ1v) is 8.92.